The van der Waals surface area contributed by atoms with Gasteiger partial charge in [-0.25, -0.2) is 4.68 Å². The van der Waals surface area contributed by atoms with Crippen molar-refractivity contribution in [2.75, 3.05) is 11.9 Å². The van der Waals surface area contributed by atoms with E-state index in [1.807, 2.05) is 49.4 Å². The summed E-state index contributed by atoms with van der Waals surface area (Å²) in [5.41, 5.74) is 3.34. The normalized spacial score (nSPS) is 18.7. The lowest BCUT2D eigenvalue weighted by Crippen LogP contribution is -2.36. The van der Waals surface area contributed by atoms with Crippen LogP contribution in [0.15, 0.2) is 60.1 Å². The van der Waals surface area contributed by atoms with Crippen molar-refractivity contribution in [3.05, 3.63) is 76.2 Å². The van der Waals surface area contributed by atoms with E-state index in [0.717, 1.165) is 28.8 Å². The highest BCUT2D eigenvalue weighted by molar-refractivity contribution is 6.31. The van der Waals surface area contributed by atoms with Crippen LogP contribution in [-0.2, 0) is 11.4 Å². The van der Waals surface area contributed by atoms with Crippen LogP contribution in [0, 0.1) is 5.41 Å². The third-order valence-electron chi connectivity index (χ3n) is 6.20. The van der Waals surface area contributed by atoms with Crippen molar-refractivity contribution < 1.29 is 14.3 Å². The molecule has 0 spiro atoms. The van der Waals surface area contributed by atoms with E-state index in [4.69, 9.17) is 21.1 Å². The average molecular weight is 479 g/mol. The highest BCUT2D eigenvalue weighted by Gasteiger charge is 2.41. The number of hydrogen-bond donors (Lipinski definition) is 1. The second-order valence-corrected chi connectivity index (χ2v) is 9.82. The van der Waals surface area contributed by atoms with Gasteiger partial charge < -0.3 is 14.8 Å². The van der Waals surface area contributed by atoms with E-state index in [1.165, 1.54) is 6.33 Å². The molecule has 34 heavy (non-hydrogen) atoms. The van der Waals surface area contributed by atoms with Gasteiger partial charge in [0, 0.05) is 28.3 Å². The lowest BCUT2D eigenvalue weighted by atomic mass is 9.73. The Balaban J connectivity index is 1.52. The first-order chi connectivity index (χ1) is 16.4. The van der Waals surface area contributed by atoms with Crippen molar-refractivity contribution in [3.63, 3.8) is 0 Å². The Kier molecular flexibility index (Phi) is 5.81. The number of aromatic nitrogens is 3. The molecule has 1 aromatic heterocycles. The maximum Gasteiger partial charge on any atom is 0.226 e. The molecule has 2 aliphatic rings. The number of allylic oxidation sites excluding steroid dienone is 2. The second-order valence-electron chi connectivity index (χ2n) is 9.41. The Bertz CT molecular complexity index is 1280. The molecular weight excluding hydrogens is 452 g/mol. The predicted molar refractivity (Wildman–Crippen MR) is 130 cm³/mol. The standard InChI is InChI=1S/C26H27ClN4O3/c1-4-33-22-11-16(9-10-21(22)34-14-17-7-5-6-8-18(17)27)24-23-19(12-26(2,3)13-20(23)32)30-25-28-15-29-31(24)25/h5-11,15,24H,4,12-14H2,1-3H3,(H,28,29,30). The number of hydrogen-bond acceptors (Lipinski definition) is 6. The van der Waals surface area contributed by atoms with E-state index < -0.39 is 0 Å². The van der Waals surface area contributed by atoms with Crippen LogP contribution < -0.4 is 14.8 Å². The fourth-order valence-corrected chi connectivity index (χ4v) is 4.90. The van der Waals surface area contributed by atoms with Gasteiger partial charge in [-0.15, -0.1) is 0 Å². The molecule has 0 amide bonds. The monoisotopic (exact) mass is 478 g/mol. The Morgan fingerprint density at radius 2 is 1.97 bits per heavy atom. The number of halogens is 1. The molecule has 5 rings (SSSR count). The smallest absolute Gasteiger partial charge is 0.226 e. The molecule has 0 fully saturated rings. The quantitative estimate of drug-likeness (QED) is 0.499. The first-order valence-corrected chi connectivity index (χ1v) is 11.8. The molecule has 8 heteroatoms. The molecule has 3 aromatic rings. The van der Waals surface area contributed by atoms with Gasteiger partial charge in [0.05, 0.1) is 6.61 Å². The molecule has 1 aliphatic carbocycles. The number of nitrogens with zero attached hydrogens (tertiary/aromatic N) is 3. The Morgan fingerprint density at radius 3 is 2.76 bits per heavy atom. The summed E-state index contributed by atoms with van der Waals surface area (Å²) in [5.74, 6) is 1.98. The van der Waals surface area contributed by atoms with Gasteiger partial charge in [0.15, 0.2) is 17.3 Å². The van der Waals surface area contributed by atoms with E-state index in [-0.39, 0.29) is 17.2 Å². The third-order valence-corrected chi connectivity index (χ3v) is 6.57. The van der Waals surface area contributed by atoms with E-state index in [2.05, 4.69) is 29.2 Å². The summed E-state index contributed by atoms with van der Waals surface area (Å²) >= 11 is 6.28. The van der Waals surface area contributed by atoms with Crippen LogP contribution in [0.2, 0.25) is 5.02 Å². The minimum Gasteiger partial charge on any atom is -0.490 e. The van der Waals surface area contributed by atoms with Gasteiger partial charge in [0.2, 0.25) is 5.95 Å². The summed E-state index contributed by atoms with van der Waals surface area (Å²) in [6.45, 7) is 6.96. The zero-order valence-electron chi connectivity index (χ0n) is 19.5. The summed E-state index contributed by atoms with van der Waals surface area (Å²) in [6.07, 6.45) is 2.77. The highest BCUT2D eigenvalue weighted by Crippen LogP contribution is 2.46. The number of fused-ring (bicyclic) bond motifs is 1. The van der Waals surface area contributed by atoms with Gasteiger partial charge in [-0.3, -0.25) is 4.79 Å². The van der Waals surface area contributed by atoms with E-state index >= 15 is 0 Å². The molecule has 0 saturated heterocycles. The Morgan fingerprint density at radius 1 is 1.15 bits per heavy atom. The van der Waals surface area contributed by atoms with Gasteiger partial charge in [-0.05, 0) is 42.5 Å². The summed E-state index contributed by atoms with van der Waals surface area (Å²) in [4.78, 5) is 17.7. The van der Waals surface area contributed by atoms with Crippen molar-refractivity contribution in [2.45, 2.75) is 46.3 Å². The molecule has 7 nitrogen and oxygen atoms in total. The van der Waals surface area contributed by atoms with Crippen molar-refractivity contribution in [1.82, 2.24) is 14.8 Å². The summed E-state index contributed by atoms with van der Waals surface area (Å²) in [5, 5.41) is 8.43. The molecule has 0 saturated carbocycles. The number of ether oxygens (including phenoxy) is 2. The molecule has 2 aromatic carbocycles. The van der Waals surface area contributed by atoms with Crippen molar-refractivity contribution in [2.24, 2.45) is 5.41 Å². The molecule has 0 radical (unpaired) electrons. The molecule has 1 atom stereocenters. The van der Waals surface area contributed by atoms with Gasteiger partial charge in [-0.2, -0.15) is 10.1 Å². The minimum absolute atomic E-state index is 0.109. The molecule has 1 aliphatic heterocycles. The SMILES string of the molecule is CCOc1cc(C2C3=C(CC(C)(C)CC3=O)Nc3ncnn32)ccc1OCc1ccccc1Cl. The average Bonchev–Trinajstić information content (AvgIpc) is 3.25. The van der Waals surface area contributed by atoms with Crippen LogP contribution in [0.4, 0.5) is 5.95 Å². The highest BCUT2D eigenvalue weighted by atomic mass is 35.5. The van der Waals surface area contributed by atoms with Crippen LogP contribution in [0.1, 0.15) is 50.8 Å². The van der Waals surface area contributed by atoms with Gasteiger partial charge in [0.1, 0.15) is 19.0 Å². The number of anilines is 1. The second kappa shape index (κ2) is 8.80. The Labute approximate surface area is 203 Å². The number of rotatable bonds is 6. The molecular formula is C26H27ClN4O3. The topological polar surface area (TPSA) is 78.3 Å². The number of ketones is 1. The first-order valence-electron chi connectivity index (χ1n) is 11.4. The van der Waals surface area contributed by atoms with Crippen LogP contribution in [0.3, 0.4) is 0 Å². The minimum atomic E-state index is -0.380. The van der Waals surface area contributed by atoms with E-state index in [9.17, 15) is 4.79 Å². The molecule has 1 unspecified atom stereocenters. The zero-order valence-corrected chi connectivity index (χ0v) is 20.2. The van der Waals surface area contributed by atoms with Gasteiger partial charge in [-0.1, -0.05) is 49.7 Å². The third kappa shape index (κ3) is 4.16. The predicted octanol–water partition coefficient (Wildman–Crippen LogP) is 5.57. The van der Waals surface area contributed by atoms with Crippen molar-refractivity contribution in [1.29, 1.82) is 0 Å². The number of benzene rings is 2. The van der Waals surface area contributed by atoms with Crippen molar-refractivity contribution >= 4 is 23.3 Å². The first kappa shape index (κ1) is 22.5. The lowest BCUT2D eigenvalue weighted by molar-refractivity contribution is -0.118. The van der Waals surface area contributed by atoms with Crippen molar-refractivity contribution in [3.8, 4) is 11.5 Å². The van der Waals surface area contributed by atoms with Crippen LogP contribution in [0.25, 0.3) is 0 Å². The van der Waals surface area contributed by atoms with E-state index in [1.54, 1.807) is 4.68 Å². The molecule has 176 valence electrons. The summed E-state index contributed by atoms with van der Waals surface area (Å²) < 4.78 is 13.8. The lowest BCUT2D eigenvalue weighted by Gasteiger charge is -2.38. The van der Waals surface area contributed by atoms with Crippen LogP contribution in [-0.4, -0.2) is 27.2 Å². The summed E-state index contributed by atoms with van der Waals surface area (Å²) in [6, 6.07) is 13.0. The number of carbonyl (C=O) groups is 1. The largest absolute Gasteiger partial charge is 0.490 e. The number of nitrogens with one attached hydrogen (secondary N) is 1. The molecule has 2 heterocycles. The number of carbonyl (C=O) groups excluding carboxylic acids is 1. The van der Waals surface area contributed by atoms with E-state index in [0.29, 0.717) is 42.1 Å². The van der Waals surface area contributed by atoms with Gasteiger partial charge in [0.25, 0.3) is 0 Å². The Hall–Kier alpha value is -3.32. The maximum atomic E-state index is 13.3. The van der Waals surface area contributed by atoms with Gasteiger partial charge >= 0.3 is 0 Å². The molecule has 1 N–H and O–H groups in total. The molecule has 0 bridgehead atoms. The van der Waals surface area contributed by atoms with Crippen LogP contribution in [0.5, 0.6) is 11.5 Å². The summed E-state index contributed by atoms with van der Waals surface area (Å²) in [7, 11) is 0. The number of Topliss-reactive ketones (excluding diaryl/α,β-unsaturated/α-hetero) is 1. The fourth-order valence-electron chi connectivity index (χ4n) is 4.71. The zero-order chi connectivity index (χ0) is 23.9. The maximum absolute atomic E-state index is 13.3. The fraction of sp³-hybridized carbons (Fsp3) is 0.346. The van der Waals surface area contributed by atoms with Crippen LogP contribution >= 0.6 is 11.6 Å².